The average molecular weight is 585 g/mol. The van der Waals surface area contributed by atoms with Crippen molar-refractivity contribution in [3.05, 3.63) is 47.3 Å². The van der Waals surface area contributed by atoms with Gasteiger partial charge in [0, 0.05) is 31.0 Å². The molecule has 3 heterocycles. The van der Waals surface area contributed by atoms with Crippen LogP contribution in [0.2, 0.25) is 0 Å². The van der Waals surface area contributed by atoms with E-state index in [1.165, 1.54) is 0 Å². The van der Waals surface area contributed by atoms with Gasteiger partial charge in [-0.25, -0.2) is 27.5 Å². The largest absolute Gasteiger partial charge is 0.416 e. The summed E-state index contributed by atoms with van der Waals surface area (Å²) in [6, 6.07) is 0.0179. The van der Waals surface area contributed by atoms with Crippen molar-refractivity contribution in [2.45, 2.75) is 52.0 Å². The van der Waals surface area contributed by atoms with Crippen LogP contribution in [-0.4, -0.2) is 65.6 Å². The van der Waals surface area contributed by atoms with Crippen molar-refractivity contribution in [1.29, 1.82) is 0 Å². The Balaban J connectivity index is 0.00000280. The molecule has 1 aromatic carbocycles. The smallest absolute Gasteiger partial charge is 0.369 e. The van der Waals surface area contributed by atoms with Crippen molar-refractivity contribution in [2.75, 3.05) is 42.9 Å². The van der Waals surface area contributed by atoms with E-state index in [4.69, 9.17) is 5.73 Å². The molecule has 2 saturated heterocycles. The third-order valence-corrected chi connectivity index (χ3v) is 6.67. The quantitative estimate of drug-likeness (QED) is 0.436. The molecule has 2 aliphatic heterocycles. The number of benzene rings is 1. The Morgan fingerprint density at radius 2 is 1.88 bits per heavy atom. The molecule has 3 atom stereocenters. The molecule has 7 nitrogen and oxygen atoms in total. The second-order valence-electron chi connectivity index (χ2n) is 9.44. The molecule has 1 aromatic heterocycles. The number of hydrogen-bond acceptors (Lipinski definition) is 6. The maximum Gasteiger partial charge on any atom is 0.416 e. The molecule has 0 spiro atoms. The van der Waals surface area contributed by atoms with Crippen LogP contribution in [0.5, 0.6) is 0 Å². The molecule has 0 aliphatic carbocycles. The minimum atomic E-state index is -4.84. The van der Waals surface area contributed by atoms with E-state index in [1.54, 1.807) is 4.90 Å². The van der Waals surface area contributed by atoms with Gasteiger partial charge in [-0.2, -0.15) is 17.6 Å². The summed E-state index contributed by atoms with van der Waals surface area (Å²) in [4.78, 5) is 20.9. The van der Waals surface area contributed by atoms with E-state index in [0.29, 0.717) is 19.0 Å². The normalized spacial score (nSPS) is 22.8. The number of halogens is 8. The Kier molecular flexibility index (Phi) is 10.3. The van der Waals surface area contributed by atoms with Crippen LogP contribution in [0.25, 0.3) is 0 Å². The van der Waals surface area contributed by atoms with E-state index in [0.717, 1.165) is 17.3 Å². The summed E-state index contributed by atoms with van der Waals surface area (Å²) in [5.41, 5.74) is 3.37. The summed E-state index contributed by atoms with van der Waals surface area (Å²) in [6.45, 7) is -0.874. The second-order valence-corrected chi connectivity index (χ2v) is 9.44. The standard InChI is InChI=1S/C23H24F8N6O.2CH4/c24-15-5-13(23(29,30)31)1-2-14(15)17-6-22(27,28)10-37(17)21-19(26)20(34-11-35-21)33-7-12-3-4-36(8-16(12)25)9-18(32)38;;/h1-2,5,11-12,16-17H,3-4,6-10H2,(H2,32,38)(H,33,34,35);2*1H4/t12-,16+,17+;;/m0../s1. The number of piperidine rings is 1. The Morgan fingerprint density at radius 1 is 1.18 bits per heavy atom. The molecule has 2 fully saturated rings. The predicted octanol–water partition coefficient (Wildman–Crippen LogP) is 5.19. The number of hydrogen-bond donors (Lipinski definition) is 2. The molecule has 40 heavy (non-hydrogen) atoms. The molecule has 0 radical (unpaired) electrons. The Morgan fingerprint density at radius 3 is 2.48 bits per heavy atom. The Hall–Kier alpha value is -3.23. The number of nitrogens with zero attached hydrogens (tertiary/aromatic N) is 4. The number of carbonyl (C=O) groups is 1. The average Bonchev–Trinajstić information content (AvgIpc) is 3.13. The highest BCUT2D eigenvalue weighted by molar-refractivity contribution is 5.75. The molecule has 3 N–H and O–H groups in total. The van der Waals surface area contributed by atoms with Gasteiger partial charge in [-0.05, 0) is 25.1 Å². The molecule has 2 aliphatic rings. The van der Waals surface area contributed by atoms with Crippen LogP contribution >= 0.6 is 0 Å². The summed E-state index contributed by atoms with van der Waals surface area (Å²) in [7, 11) is 0. The maximum absolute atomic E-state index is 15.4. The van der Waals surface area contributed by atoms with Gasteiger partial charge in [0.15, 0.2) is 11.6 Å². The fourth-order valence-electron chi connectivity index (χ4n) is 4.81. The summed E-state index contributed by atoms with van der Waals surface area (Å²) in [6.07, 6.45) is -5.96. The third-order valence-electron chi connectivity index (χ3n) is 6.67. The van der Waals surface area contributed by atoms with Crippen LogP contribution in [-0.2, 0) is 11.0 Å². The molecule has 15 heteroatoms. The molecule has 224 valence electrons. The topological polar surface area (TPSA) is 87.4 Å². The van der Waals surface area contributed by atoms with Gasteiger partial charge in [-0.15, -0.1) is 0 Å². The number of primary amides is 1. The molecular formula is C25H32F8N6O. The summed E-state index contributed by atoms with van der Waals surface area (Å²) in [5.74, 6) is -8.08. The monoisotopic (exact) mass is 584 g/mol. The molecule has 0 saturated carbocycles. The lowest BCUT2D eigenvalue weighted by Crippen LogP contribution is -2.46. The van der Waals surface area contributed by atoms with Crippen LogP contribution in [0.3, 0.4) is 0 Å². The predicted molar refractivity (Wildman–Crippen MR) is 134 cm³/mol. The molecule has 0 unspecified atom stereocenters. The zero-order valence-electron chi connectivity index (χ0n) is 19.8. The molecule has 0 bridgehead atoms. The lowest BCUT2D eigenvalue weighted by atomic mass is 9.95. The first kappa shape index (κ1) is 33.0. The minimum Gasteiger partial charge on any atom is -0.369 e. The highest BCUT2D eigenvalue weighted by atomic mass is 19.4. The maximum atomic E-state index is 15.4. The molecule has 4 rings (SSSR count). The highest BCUT2D eigenvalue weighted by Crippen LogP contribution is 2.45. The van der Waals surface area contributed by atoms with E-state index in [-0.39, 0.29) is 40.6 Å². The van der Waals surface area contributed by atoms with Gasteiger partial charge < -0.3 is 16.0 Å². The van der Waals surface area contributed by atoms with Gasteiger partial charge in [0.2, 0.25) is 11.7 Å². The first-order valence-electron chi connectivity index (χ1n) is 11.7. The number of nitrogens with two attached hydrogens (primary N) is 1. The van der Waals surface area contributed by atoms with Crippen molar-refractivity contribution in [3.8, 4) is 0 Å². The van der Waals surface area contributed by atoms with E-state index in [1.807, 2.05) is 0 Å². The van der Waals surface area contributed by atoms with Gasteiger partial charge >= 0.3 is 6.18 Å². The number of aromatic nitrogens is 2. The van der Waals surface area contributed by atoms with Crippen LogP contribution < -0.4 is 16.0 Å². The highest BCUT2D eigenvalue weighted by Gasteiger charge is 2.48. The van der Waals surface area contributed by atoms with E-state index in [2.05, 4.69) is 15.3 Å². The minimum absolute atomic E-state index is 0. The molecule has 2 aromatic rings. The molecular weight excluding hydrogens is 552 g/mol. The van der Waals surface area contributed by atoms with Crippen LogP contribution in [0.15, 0.2) is 24.5 Å². The summed E-state index contributed by atoms with van der Waals surface area (Å²) >= 11 is 0. The van der Waals surface area contributed by atoms with Crippen LogP contribution in [0.1, 0.15) is 44.9 Å². The first-order chi connectivity index (χ1) is 17.7. The van der Waals surface area contributed by atoms with Gasteiger partial charge in [-0.1, -0.05) is 20.9 Å². The Bertz CT molecular complexity index is 1180. The third kappa shape index (κ3) is 7.29. The fraction of sp³-hybridized carbons (Fsp3) is 0.560. The summed E-state index contributed by atoms with van der Waals surface area (Å²) < 4.78 is 112. The number of rotatable bonds is 7. The van der Waals surface area contributed by atoms with Crippen molar-refractivity contribution in [3.63, 3.8) is 0 Å². The lowest BCUT2D eigenvalue weighted by molar-refractivity contribution is -0.137. The van der Waals surface area contributed by atoms with E-state index >= 15 is 4.39 Å². The molecule has 1 amide bonds. The second kappa shape index (κ2) is 12.5. The van der Waals surface area contributed by atoms with Gasteiger partial charge in [-0.3, -0.25) is 9.69 Å². The number of amides is 1. The van der Waals surface area contributed by atoms with Gasteiger partial charge in [0.25, 0.3) is 5.92 Å². The Labute approximate surface area is 226 Å². The number of likely N-dealkylation sites (tertiary alicyclic amines) is 1. The van der Waals surface area contributed by atoms with Crippen LogP contribution in [0.4, 0.5) is 46.8 Å². The van der Waals surface area contributed by atoms with Crippen molar-refractivity contribution < 1.29 is 39.9 Å². The van der Waals surface area contributed by atoms with Crippen LogP contribution in [0, 0.1) is 17.6 Å². The van der Waals surface area contributed by atoms with E-state index < -0.39 is 83.5 Å². The zero-order valence-corrected chi connectivity index (χ0v) is 19.8. The van der Waals surface area contributed by atoms with E-state index in [9.17, 15) is 35.5 Å². The van der Waals surface area contributed by atoms with Gasteiger partial charge in [0.05, 0.1) is 24.7 Å². The summed E-state index contributed by atoms with van der Waals surface area (Å²) in [5, 5.41) is 2.65. The zero-order chi connectivity index (χ0) is 27.8. The fourth-order valence-corrected chi connectivity index (χ4v) is 4.81. The van der Waals surface area contributed by atoms with Crippen molar-refractivity contribution in [2.24, 2.45) is 11.7 Å². The number of anilines is 2. The SMILES string of the molecule is C.C.NC(=O)CN1CC[C@@H](CNc2ncnc(N3CC(F)(F)C[C@@H]3c3ccc(C(F)(F)F)cc3F)c2F)[C@H](F)C1. The number of carbonyl (C=O) groups excluding carboxylic acids is 1. The van der Waals surface area contributed by atoms with Gasteiger partial charge in [0.1, 0.15) is 18.3 Å². The lowest BCUT2D eigenvalue weighted by Gasteiger charge is -2.34. The first-order valence-corrected chi connectivity index (χ1v) is 11.7. The van der Waals surface area contributed by atoms with Crippen molar-refractivity contribution in [1.82, 2.24) is 14.9 Å². The van der Waals surface area contributed by atoms with Crippen molar-refractivity contribution >= 4 is 17.5 Å². The number of nitrogens with one attached hydrogen (secondary N) is 1. The number of alkyl halides is 6.